The third-order valence-corrected chi connectivity index (χ3v) is 4.54. The zero-order valence-electron chi connectivity index (χ0n) is 11.4. The Hall–Kier alpha value is -0.850. The molecule has 0 fully saturated rings. The lowest BCUT2D eigenvalue weighted by Gasteiger charge is -2.14. The van der Waals surface area contributed by atoms with E-state index in [1.165, 1.54) is 4.31 Å². The molecular weight excluding hydrogens is 250 g/mol. The number of aromatic nitrogens is 1. The fourth-order valence-corrected chi connectivity index (χ4v) is 2.97. The van der Waals surface area contributed by atoms with Crippen LogP contribution in [0.3, 0.4) is 0 Å². The standard InChI is InChI=1S/C12H23N3O2S/c1-4-6-13-9-11-8-12(10-14-11)18(16,17)15(3)7-5-2/h8,10,13-14H,4-7,9H2,1-3H3. The van der Waals surface area contributed by atoms with Gasteiger partial charge in [0.15, 0.2) is 0 Å². The predicted octanol–water partition coefficient (Wildman–Crippen LogP) is 1.54. The molecule has 2 N–H and O–H groups in total. The summed E-state index contributed by atoms with van der Waals surface area (Å²) >= 11 is 0. The molecule has 0 aliphatic rings. The molecule has 0 unspecified atom stereocenters. The Kier molecular flexibility index (Phi) is 5.84. The molecule has 0 aromatic carbocycles. The van der Waals surface area contributed by atoms with E-state index in [0.29, 0.717) is 18.0 Å². The molecule has 0 atom stereocenters. The third-order valence-electron chi connectivity index (χ3n) is 2.71. The molecule has 104 valence electrons. The Bertz CT molecular complexity index is 454. The fraction of sp³-hybridized carbons (Fsp3) is 0.667. The van der Waals surface area contributed by atoms with Crippen LogP contribution in [0, 0.1) is 0 Å². The first-order valence-corrected chi connectivity index (χ1v) is 7.80. The van der Waals surface area contributed by atoms with Crippen LogP contribution in [-0.4, -0.2) is 37.8 Å². The van der Waals surface area contributed by atoms with Crippen molar-refractivity contribution in [3.05, 3.63) is 18.0 Å². The van der Waals surface area contributed by atoms with Gasteiger partial charge in [-0.05, 0) is 25.5 Å². The molecule has 0 radical (unpaired) electrons. The second kappa shape index (κ2) is 6.92. The van der Waals surface area contributed by atoms with E-state index in [2.05, 4.69) is 17.2 Å². The Morgan fingerprint density at radius 1 is 1.33 bits per heavy atom. The van der Waals surface area contributed by atoms with Crippen LogP contribution in [0.1, 0.15) is 32.4 Å². The van der Waals surface area contributed by atoms with E-state index in [-0.39, 0.29) is 0 Å². The van der Waals surface area contributed by atoms with Crippen molar-refractivity contribution in [3.8, 4) is 0 Å². The highest BCUT2D eigenvalue weighted by Crippen LogP contribution is 2.15. The van der Waals surface area contributed by atoms with Gasteiger partial charge in [-0.3, -0.25) is 0 Å². The van der Waals surface area contributed by atoms with Crippen molar-refractivity contribution in [3.63, 3.8) is 0 Å². The number of rotatable bonds is 8. The van der Waals surface area contributed by atoms with Crippen LogP contribution in [0.25, 0.3) is 0 Å². The molecule has 1 heterocycles. The van der Waals surface area contributed by atoms with E-state index >= 15 is 0 Å². The van der Waals surface area contributed by atoms with E-state index < -0.39 is 10.0 Å². The van der Waals surface area contributed by atoms with Crippen LogP contribution in [0.4, 0.5) is 0 Å². The van der Waals surface area contributed by atoms with Crippen molar-refractivity contribution in [2.24, 2.45) is 0 Å². The minimum absolute atomic E-state index is 0.340. The summed E-state index contributed by atoms with van der Waals surface area (Å²) in [7, 11) is -1.72. The van der Waals surface area contributed by atoms with E-state index in [0.717, 1.165) is 25.1 Å². The summed E-state index contributed by atoms with van der Waals surface area (Å²) in [6, 6.07) is 1.70. The maximum atomic E-state index is 12.2. The van der Waals surface area contributed by atoms with Gasteiger partial charge in [-0.2, -0.15) is 0 Å². The normalized spacial score (nSPS) is 12.2. The number of nitrogens with one attached hydrogen (secondary N) is 2. The van der Waals surface area contributed by atoms with Gasteiger partial charge in [-0.25, -0.2) is 12.7 Å². The van der Waals surface area contributed by atoms with Gasteiger partial charge in [0.05, 0.1) is 4.90 Å². The lowest BCUT2D eigenvalue weighted by atomic mass is 10.4. The molecule has 0 saturated carbocycles. The Balaban J connectivity index is 2.72. The predicted molar refractivity (Wildman–Crippen MR) is 72.9 cm³/mol. The van der Waals surface area contributed by atoms with Gasteiger partial charge in [0, 0.05) is 32.0 Å². The first-order chi connectivity index (χ1) is 8.52. The summed E-state index contributed by atoms with van der Waals surface area (Å²) < 4.78 is 25.7. The Labute approximate surface area is 110 Å². The quantitative estimate of drug-likeness (QED) is 0.706. The molecule has 0 spiro atoms. The van der Waals surface area contributed by atoms with Crippen molar-refractivity contribution < 1.29 is 8.42 Å². The number of hydrogen-bond acceptors (Lipinski definition) is 3. The zero-order valence-corrected chi connectivity index (χ0v) is 12.2. The first kappa shape index (κ1) is 15.2. The molecule has 6 heteroatoms. The van der Waals surface area contributed by atoms with Gasteiger partial charge in [-0.15, -0.1) is 0 Å². The number of aromatic amines is 1. The average molecular weight is 273 g/mol. The molecule has 1 aromatic heterocycles. The number of H-pyrrole nitrogens is 1. The summed E-state index contributed by atoms with van der Waals surface area (Å²) in [6.45, 7) is 6.19. The molecule has 0 amide bonds. The van der Waals surface area contributed by atoms with Crippen molar-refractivity contribution in [2.45, 2.75) is 38.1 Å². The second-order valence-electron chi connectivity index (χ2n) is 4.36. The van der Waals surface area contributed by atoms with Crippen molar-refractivity contribution in [1.29, 1.82) is 0 Å². The molecule has 1 aromatic rings. The zero-order chi connectivity index (χ0) is 13.6. The van der Waals surface area contributed by atoms with Gasteiger partial charge >= 0.3 is 0 Å². The lowest BCUT2D eigenvalue weighted by molar-refractivity contribution is 0.468. The topological polar surface area (TPSA) is 65.2 Å². The van der Waals surface area contributed by atoms with E-state index in [9.17, 15) is 8.42 Å². The van der Waals surface area contributed by atoms with Crippen LogP contribution < -0.4 is 5.32 Å². The largest absolute Gasteiger partial charge is 0.363 e. The lowest BCUT2D eigenvalue weighted by Crippen LogP contribution is -2.27. The number of nitrogens with zero attached hydrogens (tertiary/aromatic N) is 1. The SMILES string of the molecule is CCCNCc1cc(S(=O)(=O)N(C)CCC)c[nH]1. The fourth-order valence-electron chi connectivity index (χ4n) is 1.68. The molecular formula is C12H23N3O2S. The van der Waals surface area contributed by atoms with Crippen molar-refractivity contribution >= 4 is 10.0 Å². The monoisotopic (exact) mass is 273 g/mol. The molecule has 0 aliphatic heterocycles. The van der Waals surface area contributed by atoms with Crippen LogP contribution in [0.2, 0.25) is 0 Å². The van der Waals surface area contributed by atoms with Crippen molar-refractivity contribution in [2.75, 3.05) is 20.1 Å². The van der Waals surface area contributed by atoms with Gasteiger partial charge in [0.1, 0.15) is 0 Å². The molecule has 18 heavy (non-hydrogen) atoms. The highest BCUT2D eigenvalue weighted by Gasteiger charge is 2.21. The van der Waals surface area contributed by atoms with Crippen LogP contribution >= 0.6 is 0 Å². The van der Waals surface area contributed by atoms with Gasteiger partial charge in [0.25, 0.3) is 0 Å². The van der Waals surface area contributed by atoms with E-state index in [4.69, 9.17) is 0 Å². The van der Waals surface area contributed by atoms with Gasteiger partial charge in [0.2, 0.25) is 10.0 Å². The van der Waals surface area contributed by atoms with E-state index in [1.807, 2.05) is 6.92 Å². The smallest absolute Gasteiger partial charge is 0.244 e. The summed E-state index contributed by atoms with van der Waals surface area (Å²) in [6.07, 6.45) is 3.43. The number of hydrogen-bond donors (Lipinski definition) is 2. The Morgan fingerprint density at radius 3 is 2.67 bits per heavy atom. The summed E-state index contributed by atoms with van der Waals surface area (Å²) in [5.41, 5.74) is 0.895. The first-order valence-electron chi connectivity index (χ1n) is 6.36. The molecule has 0 bridgehead atoms. The third kappa shape index (κ3) is 3.83. The highest BCUT2D eigenvalue weighted by atomic mass is 32.2. The maximum Gasteiger partial charge on any atom is 0.244 e. The maximum absolute atomic E-state index is 12.2. The molecule has 5 nitrogen and oxygen atoms in total. The second-order valence-corrected chi connectivity index (χ2v) is 6.41. The molecule has 1 rings (SSSR count). The van der Waals surface area contributed by atoms with E-state index in [1.54, 1.807) is 19.3 Å². The molecule has 0 saturated heterocycles. The highest BCUT2D eigenvalue weighted by molar-refractivity contribution is 7.89. The minimum atomic E-state index is -3.34. The van der Waals surface area contributed by atoms with Crippen LogP contribution in [-0.2, 0) is 16.6 Å². The Morgan fingerprint density at radius 2 is 2.06 bits per heavy atom. The number of sulfonamides is 1. The minimum Gasteiger partial charge on any atom is -0.363 e. The van der Waals surface area contributed by atoms with Crippen LogP contribution in [0.5, 0.6) is 0 Å². The van der Waals surface area contributed by atoms with Gasteiger partial charge in [-0.1, -0.05) is 13.8 Å². The molecule has 0 aliphatic carbocycles. The van der Waals surface area contributed by atoms with Crippen molar-refractivity contribution in [1.82, 2.24) is 14.6 Å². The summed E-state index contributed by atoms with van der Waals surface area (Å²) in [5.74, 6) is 0. The van der Waals surface area contributed by atoms with Gasteiger partial charge < -0.3 is 10.3 Å². The summed E-state index contributed by atoms with van der Waals surface area (Å²) in [5, 5.41) is 3.23. The average Bonchev–Trinajstić information content (AvgIpc) is 2.79. The summed E-state index contributed by atoms with van der Waals surface area (Å²) in [4.78, 5) is 3.34. The van der Waals surface area contributed by atoms with Crippen LogP contribution in [0.15, 0.2) is 17.2 Å².